The van der Waals surface area contributed by atoms with Crippen molar-refractivity contribution in [2.24, 2.45) is 0 Å². The molecule has 0 saturated carbocycles. The van der Waals surface area contributed by atoms with Gasteiger partial charge in [0.25, 0.3) is 5.91 Å². The standard InChI is InChI=1S/C25H29N3O7/c1-5-25(6-2)23(31)27(24(32)26-25)13-22(30)35-14-19(29)18-11-15(3)28(16(18)4)17-7-8-20-21(12-17)34-10-9-33-20/h7-8,11-12H,5-6,9-10,13-14H2,1-4H3,(H,26,32). The molecule has 3 heterocycles. The molecule has 1 aromatic carbocycles. The van der Waals surface area contributed by atoms with Crippen LogP contribution in [0.4, 0.5) is 4.79 Å². The van der Waals surface area contributed by atoms with Crippen LogP contribution in [-0.4, -0.2) is 65.1 Å². The maximum atomic E-state index is 12.9. The second kappa shape index (κ2) is 9.44. The van der Waals surface area contributed by atoms with Crippen LogP contribution in [0, 0.1) is 13.8 Å². The number of nitrogens with zero attached hydrogens (tertiary/aromatic N) is 2. The summed E-state index contributed by atoms with van der Waals surface area (Å²) in [5, 5.41) is 2.66. The SMILES string of the molecule is CCC1(CC)NC(=O)N(CC(=O)OCC(=O)c2cc(C)n(-c3ccc4c(c3)OCCO4)c2C)C1=O. The first-order valence-electron chi connectivity index (χ1n) is 11.6. The van der Waals surface area contributed by atoms with Crippen molar-refractivity contribution in [3.63, 3.8) is 0 Å². The van der Waals surface area contributed by atoms with Gasteiger partial charge in [-0.25, -0.2) is 4.79 Å². The van der Waals surface area contributed by atoms with E-state index in [0.29, 0.717) is 48.8 Å². The number of esters is 1. The van der Waals surface area contributed by atoms with Gasteiger partial charge in [-0.05, 0) is 44.9 Å². The summed E-state index contributed by atoms with van der Waals surface area (Å²) in [5.74, 6) is -0.363. The lowest BCUT2D eigenvalue weighted by Gasteiger charge is -2.22. The van der Waals surface area contributed by atoms with Crippen molar-refractivity contribution >= 4 is 23.7 Å². The lowest BCUT2D eigenvalue weighted by Crippen LogP contribution is -2.46. The largest absolute Gasteiger partial charge is 0.486 e. The number of fused-ring (bicyclic) bond motifs is 1. The highest BCUT2D eigenvalue weighted by Gasteiger charge is 2.49. The molecular weight excluding hydrogens is 454 g/mol. The first kappa shape index (κ1) is 24.3. The Morgan fingerprint density at radius 3 is 2.40 bits per heavy atom. The minimum Gasteiger partial charge on any atom is -0.486 e. The maximum Gasteiger partial charge on any atom is 0.326 e. The molecule has 0 radical (unpaired) electrons. The summed E-state index contributed by atoms with van der Waals surface area (Å²) < 4.78 is 18.3. The molecule has 1 N–H and O–H groups in total. The fourth-order valence-electron chi connectivity index (χ4n) is 4.56. The van der Waals surface area contributed by atoms with E-state index in [-0.39, 0.29) is 5.78 Å². The number of amides is 3. The third-order valence-electron chi connectivity index (χ3n) is 6.62. The van der Waals surface area contributed by atoms with Crippen molar-refractivity contribution in [3.8, 4) is 17.2 Å². The molecule has 0 bridgehead atoms. The van der Waals surface area contributed by atoms with Crippen LogP contribution >= 0.6 is 0 Å². The van der Waals surface area contributed by atoms with Gasteiger partial charge < -0.3 is 24.1 Å². The van der Waals surface area contributed by atoms with Gasteiger partial charge in [-0.2, -0.15) is 0 Å². The van der Waals surface area contributed by atoms with Crippen LogP contribution in [0.15, 0.2) is 24.3 Å². The highest BCUT2D eigenvalue weighted by atomic mass is 16.6. The number of hydrogen-bond acceptors (Lipinski definition) is 7. The molecule has 10 nitrogen and oxygen atoms in total. The van der Waals surface area contributed by atoms with E-state index in [0.717, 1.165) is 16.3 Å². The number of ketones is 1. The van der Waals surface area contributed by atoms with Crippen molar-refractivity contribution in [2.45, 2.75) is 46.1 Å². The van der Waals surface area contributed by atoms with E-state index in [2.05, 4.69) is 5.32 Å². The van der Waals surface area contributed by atoms with Crippen LogP contribution in [-0.2, 0) is 14.3 Å². The van der Waals surface area contributed by atoms with Crippen molar-refractivity contribution < 1.29 is 33.4 Å². The van der Waals surface area contributed by atoms with Gasteiger partial charge in [0, 0.05) is 28.7 Å². The van der Waals surface area contributed by atoms with Crippen LogP contribution in [0.1, 0.15) is 48.4 Å². The van der Waals surface area contributed by atoms with Crippen molar-refractivity contribution in [1.82, 2.24) is 14.8 Å². The van der Waals surface area contributed by atoms with Gasteiger partial charge in [-0.15, -0.1) is 0 Å². The molecule has 2 aromatic rings. The highest BCUT2D eigenvalue weighted by molar-refractivity contribution is 6.08. The molecule has 35 heavy (non-hydrogen) atoms. The summed E-state index contributed by atoms with van der Waals surface area (Å²) in [5.41, 5.74) is 1.73. The van der Waals surface area contributed by atoms with Crippen LogP contribution in [0.2, 0.25) is 0 Å². The van der Waals surface area contributed by atoms with Crippen LogP contribution < -0.4 is 14.8 Å². The van der Waals surface area contributed by atoms with Crippen molar-refractivity contribution in [3.05, 3.63) is 41.2 Å². The number of imide groups is 1. The molecule has 10 heteroatoms. The lowest BCUT2D eigenvalue weighted by molar-refractivity contribution is -0.146. The van der Waals surface area contributed by atoms with Crippen LogP contribution in [0.5, 0.6) is 11.5 Å². The van der Waals surface area contributed by atoms with E-state index in [1.165, 1.54) is 0 Å². The maximum absolute atomic E-state index is 12.9. The number of aryl methyl sites for hydroxylation is 1. The summed E-state index contributed by atoms with van der Waals surface area (Å²) in [6.45, 7) is 7.19. The molecule has 4 rings (SSSR count). The molecule has 0 atom stereocenters. The molecule has 1 fully saturated rings. The summed E-state index contributed by atoms with van der Waals surface area (Å²) in [7, 11) is 0. The number of urea groups is 1. The predicted molar refractivity (Wildman–Crippen MR) is 125 cm³/mol. The summed E-state index contributed by atoms with van der Waals surface area (Å²) in [4.78, 5) is 50.9. The second-order valence-corrected chi connectivity index (χ2v) is 8.64. The Labute approximate surface area is 203 Å². The van der Waals surface area contributed by atoms with E-state index in [1.807, 2.05) is 29.7 Å². The topological polar surface area (TPSA) is 116 Å². The second-order valence-electron chi connectivity index (χ2n) is 8.64. The number of carbonyl (C=O) groups excluding carboxylic acids is 4. The van der Waals surface area contributed by atoms with Crippen LogP contribution in [0.25, 0.3) is 5.69 Å². The quantitative estimate of drug-likeness (QED) is 0.349. The van der Waals surface area contributed by atoms with Gasteiger partial charge in [-0.3, -0.25) is 19.3 Å². The average molecular weight is 484 g/mol. The zero-order valence-electron chi connectivity index (χ0n) is 20.3. The Morgan fingerprint density at radius 2 is 1.74 bits per heavy atom. The lowest BCUT2D eigenvalue weighted by atomic mass is 9.93. The monoisotopic (exact) mass is 483 g/mol. The molecule has 3 amide bonds. The number of aromatic nitrogens is 1. The zero-order valence-corrected chi connectivity index (χ0v) is 20.3. The molecule has 0 spiro atoms. The first-order chi connectivity index (χ1) is 16.7. The Morgan fingerprint density at radius 1 is 1.06 bits per heavy atom. The Kier molecular flexibility index (Phi) is 6.56. The van der Waals surface area contributed by atoms with Gasteiger partial charge in [0.2, 0.25) is 5.78 Å². The summed E-state index contributed by atoms with van der Waals surface area (Å²) in [6.07, 6.45) is 0.828. The van der Waals surface area contributed by atoms with Crippen LogP contribution in [0.3, 0.4) is 0 Å². The number of Topliss-reactive ketones (excluding diaryl/α,β-unsaturated/α-hetero) is 1. The zero-order chi connectivity index (χ0) is 25.3. The van der Waals surface area contributed by atoms with Gasteiger partial charge in [0.15, 0.2) is 18.1 Å². The predicted octanol–water partition coefficient (Wildman–Crippen LogP) is 2.70. The number of carbonyl (C=O) groups is 4. The number of hydrogen-bond donors (Lipinski definition) is 1. The minimum atomic E-state index is -1.00. The summed E-state index contributed by atoms with van der Waals surface area (Å²) in [6, 6.07) is 6.66. The Hall–Kier alpha value is -3.82. The van der Waals surface area contributed by atoms with E-state index in [4.69, 9.17) is 14.2 Å². The molecule has 0 aliphatic carbocycles. The van der Waals surface area contributed by atoms with E-state index >= 15 is 0 Å². The van der Waals surface area contributed by atoms with Gasteiger partial charge >= 0.3 is 12.0 Å². The average Bonchev–Trinajstić information content (AvgIpc) is 3.29. The third kappa shape index (κ3) is 4.36. The number of nitrogens with one attached hydrogen (secondary N) is 1. The molecule has 186 valence electrons. The van der Waals surface area contributed by atoms with Gasteiger partial charge in [0.05, 0.1) is 0 Å². The molecule has 1 saturated heterocycles. The van der Waals surface area contributed by atoms with Gasteiger partial charge in [-0.1, -0.05) is 13.8 Å². The molecule has 2 aliphatic heterocycles. The number of ether oxygens (including phenoxy) is 3. The fourth-order valence-corrected chi connectivity index (χ4v) is 4.56. The smallest absolute Gasteiger partial charge is 0.326 e. The summed E-state index contributed by atoms with van der Waals surface area (Å²) >= 11 is 0. The fraction of sp³-hybridized carbons (Fsp3) is 0.440. The first-order valence-corrected chi connectivity index (χ1v) is 11.6. The normalized spacial score (nSPS) is 16.3. The van der Waals surface area contributed by atoms with Crippen molar-refractivity contribution in [1.29, 1.82) is 0 Å². The molecule has 0 unspecified atom stereocenters. The van der Waals surface area contributed by atoms with E-state index in [9.17, 15) is 19.2 Å². The molecule has 2 aliphatic rings. The van der Waals surface area contributed by atoms with E-state index < -0.39 is 36.6 Å². The van der Waals surface area contributed by atoms with Crippen molar-refractivity contribution in [2.75, 3.05) is 26.4 Å². The minimum absolute atomic E-state index is 0.385. The molecular formula is C25H29N3O7. The van der Waals surface area contributed by atoms with Gasteiger partial charge in [0.1, 0.15) is 25.3 Å². The van der Waals surface area contributed by atoms with E-state index in [1.54, 1.807) is 26.8 Å². The third-order valence-corrected chi connectivity index (χ3v) is 6.62. The Balaban J connectivity index is 1.43. The Bertz CT molecular complexity index is 1200. The molecule has 1 aromatic heterocycles. The number of rotatable bonds is 8. The number of benzene rings is 1. The highest BCUT2D eigenvalue weighted by Crippen LogP contribution is 2.33.